The third-order valence-corrected chi connectivity index (χ3v) is 3.64. The van der Waals surface area contributed by atoms with E-state index in [2.05, 4.69) is 37.9 Å². The summed E-state index contributed by atoms with van der Waals surface area (Å²) in [5.41, 5.74) is 0. The molecule has 0 saturated carbocycles. The van der Waals surface area contributed by atoms with E-state index in [0.29, 0.717) is 11.8 Å². The van der Waals surface area contributed by atoms with Crippen LogP contribution in [0.25, 0.3) is 0 Å². The summed E-state index contributed by atoms with van der Waals surface area (Å²) in [5, 5.41) is 3.54. The number of carbonyl (C=O) groups is 1. The van der Waals surface area contributed by atoms with Crippen molar-refractivity contribution in [3.63, 3.8) is 0 Å². The molecule has 1 amide bonds. The van der Waals surface area contributed by atoms with Crippen molar-refractivity contribution in [1.29, 1.82) is 0 Å². The third kappa shape index (κ3) is 4.27. The van der Waals surface area contributed by atoms with E-state index >= 15 is 0 Å². The first-order valence-electron chi connectivity index (χ1n) is 7.66. The molecule has 0 radical (unpaired) electrons. The van der Waals surface area contributed by atoms with Gasteiger partial charge in [-0.05, 0) is 25.2 Å². The van der Waals surface area contributed by atoms with Gasteiger partial charge in [-0.1, -0.05) is 47.0 Å². The lowest BCUT2D eigenvalue weighted by Crippen LogP contribution is -2.39. The summed E-state index contributed by atoms with van der Waals surface area (Å²) in [4.78, 5) is 14.5. The highest BCUT2D eigenvalue weighted by Gasteiger charge is 2.37. The maximum atomic E-state index is 12.4. The number of nitrogens with zero attached hydrogens (tertiary/aromatic N) is 1. The van der Waals surface area contributed by atoms with Crippen LogP contribution in [0.3, 0.4) is 0 Å². The molecule has 2 unspecified atom stereocenters. The van der Waals surface area contributed by atoms with Crippen molar-refractivity contribution in [2.45, 2.75) is 78.4 Å². The van der Waals surface area contributed by atoms with Gasteiger partial charge in [0, 0.05) is 6.54 Å². The molecule has 1 heterocycles. The smallest absolute Gasteiger partial charge is 0.241 e. The monoisotopic (exact) mass is 254 g/mol. The lowest BCUT2D eigenvalue weighted by atomic mass is 10.1. The molecule has 0 aliphatic carbocycles. The second-order valence-electron chi connectivity index (χ2n) is 5.89. The lowest BCUT2D eigenvalue weighted by molar-refractivity contribution is -0.130. The van der Waals surface area contributed by atoms with Gasteiger partial charge in [0.05, 0.1) is 12.2 Å². The minimum atomic E-state index is 0.0746. The van der Waals surface area contributed by atoms with Gasteiger partial charge in [-0.25, -0.2) is 0 Å². The van der Waals surface area contributed by atoms with E-state index in [-0.39, 0.29) is 12.2 Å². The van der Waals surface area contributed by atoms with Crippen molar-refractivity contribution in [3.8, 4) is 0 Å². The van der Waals surface area contributed by atoms with Crippen molar-refractivity contribution in [2.75, 3.05) is 6.54 Å². The topological polar surface area (TPSA) is 32.3 Å². The Morgan fingerprint density at radius 1 is 1.22 bits per heavy atom. The summed E-state index contributed by atoms with van der Waals surface area (Å²) < 4.78 is 0. The van der Waals surface area contributed by atoms with Crippen molar-refractivity contribution in [3.05, 3.63) is 0 Å². The number of carbonyl (C=O) groups excluding carboxylic acids is 1. The Kier molecular flexibility index (Phi) is 6.69. The van der Waals surface area contributed by atoms with E-state index in [1.807, 2.05) is 0 Å². The van der Waals surface area contributed by atoms with Crippen LogP contribution in [0.4, 0.5) is 0 Å². The molecule has 0 bridgehead atoms. The first kappa shape index (κ1) is 15.5. The fourth-order valence-corrected chi connectivity index (χ4v) is 2.60. The summed E-state index contributed by atoms with van der Waals surface area (Å²) in [7, 11) is 0. The van der Waals surface area contributed by atoms with Crippen LogP contribution in [-0.2, 0) is 4.79 Å². The molecule has 3 nitrogen and oxygen atoms in total. The van der Waals surface area contributed by atoms with Gasteiger partial charge >= 0.3 is 0 Å². The van der Waals surface area contributed by atoms with E-state index in [1.54, 1.807) is 0 Å². The second kappa shape index (κ2) is 7.78. The number of amides is 1. The minimum Gasteiger partial charge on any atom is -0.326 e. The van der Waals surface area contributed by atoms with Crippen LogP contribution in [0.2, 0.25) is 0 Å². The Hall–Kier alpha value is -0.570. The highest BCUT2D eigenvalue weighted by molar-refractivity contribution is 5.84. The Morgan fingerprint density at radius 3 is 2.44 bits per heavy atom. The zero-order valence-corrected chi connectivity index (χ0v) is 12.5. The summed E-state index contributed by atoms with van der Waals surface area (Å²) >= 11 is 0. The van der Waals surface area contributed by atoms with Crippen molar-refractivity contribution in [1.82, 2.24) is 10.2 Å². The molecule has 1 fully saturated rings. The van der Waals surface area contributed by atoms with Gasteiger partial charge < -0.3 is 4.90 Å². The van der Waals surface area contributed by atoms with Crippen molar-refractivity contribution in [2.24, 2.45) is 5.92 Å². The number of nitrogens with one attached hydrogen (secondary N) is 1. The van der Waals surface area contributed by atoms with E-state index in [4.69, 9.17) is 0 Å². The highest BCUT2D eigenvalue weighted by Crippen LogP contribution is 2.21. The SMILES string of the molecule is CCCCC1NC(CC(C)C)N(CCCC)C1=O. The number of rotatable bonds is 8. The van der Waals surface area contributed by atoms with Gasteiger partial charge in [0.2, 0.25) is 5.91 Å². The average Bonchev–Trinajstić information content (AvgIpc) is 2.60. The van der Waals surface area contributed by atoms with E-state index < -0.39 is 0 Å². The Labute approximate surface area is 112 Å². The standard InChI is InChI=1S/C15H30N2O/c1-5-7-9-13-15(18)17(10-8-6-2)14(16-13)11-12(3)4/h12-14,16H,5-11H2,1-4H3. The average molecular weight is 254 g/mol. The predicted molar refractivity (Wildman–Crippen MR) is 76.3 cm³/mol. The molecular formula is C15H30N2O. The molecule has 0 aromatic heterocycles. The van der Waals surface area contributed by atoms with Crippen LogP contribution < -0.4 is 5.32 Å². The normalized spacial score (nSPS) is 24.3. The van der Waals surface area contributed by atoms with Gasteiger partial charge in [-0.3, -0.25) is 10.1 Å². The molecule has 0 spiro atoms. The number of unbranched alkanes of at least 4 members (excludes halogenated alkanes) is 2. The second-order valence-corrected chi connectivity index (χ2v) is 5.89. The fraction of sp³-hybridized carbons (Fsp3) is 0.933. The predicted octanol–water partition coefficient (Wildman–Crippen LogP) is 3.15. The van der Waals surface area contributed by atoms with E-state index in [1.165, 1.54) is 0 Å². The molecule has 1 aliphatic rings. The van der Waals surface area contributed by atoms with Gasteiger partial charge in [0.15, 0.2) is 0 Å². The van der Waals surface area contributed by atoms with Crippen LogP contribution >= 0.6 is 0 Å². The maximum Gasteiger partial charge on any atom is 0.241 e. The molecule has 106 valence electrons. The molecule has 1 saturated heterocycles. The zero-order valence-electron chi connectivity index (χ0n) is 12.5. The first-order chi connectivity index (χ1) is 8.60. The quantitative estimate of drug-likeness (QED) is 0.721. The number of hydrogen-bond donors (Lipinski definition) is 1. The van der Waals surface area contributed by atoms with Crippen LogP contribution in [0.5, 0.6) is 0 Å². The zero-order chi connectivity index (χ0) is 13.5. The molecule has 2 atom stereocenters. The fourth-order valence-electron chi connectivity index (χ4n) is 2.60. The van der Waals surface area contributed by atoms with Crippen LogP contribution in [0.15, 0.2) is 0 Å². The molecule has 3 heteroatoms. The Bertz CT molecular complexity index is 253. The maximum absolute atomic E-state index is 12.4. The van der Waals surface area contributed by atoms with Gasteiger partial charge in [-0.2, -0.15) is 0 Å². The largest absolute Gasteiger partial charge is 0.326 e. The number of hydrogen-bond acceptors (Lipinski definition) is 2. The van der Waals surface area contributed by atoms with Gasteiger partial charge in [-0.15, -0.1) is 0 Å². The summed E-state index contributed by atoms with van der Waals surface area (Å²) in [6, 6.07) is 0.0746. The first-order valence-corrected chi connectivity index (χ1v) is 7.66. The Morgan fingerprint density at radius 2 is 1.89 bits per heavy atom. The van der Waals surface area contributed by atoms with E-state index in [0.717, 1.165) is 45.1 Å². The van der Waals surface area contributed by atoms with Gasteiger partial charge in [0.1, 0.15) is 0 Å². The summed E-state index contributed by atoms with van der Waals surface area (Å²) in [6.07, 6.45) is 6.89. The Balaban J connectivity index is 2.59. The van der Waals surface area contributed by atoms with Crippen molar-refractivity contribution < 1.29 is 4.79 Å². The summed E-state index contributed by atoms with van der Waals surface area (Å²) in [6.45, 7) is 9.73. The minimum absolute atomic E-state index is 0.0746. The molecule has 0 aromatic carbocycles. The summed E-state index contributed by atoms with van der Waals surface area (Å²) in [5.74, 6) is 0.965. The van der Waals surface area contributed by atoms with Crippen LogP contribution in [0, 0.1) is 5.92 Å². The van der Waals surface area contributed by atoms with Crippen molar-refractivity contribution >= 4 is 5.91 Å². The van der Waals surface area contributed by atoms with Crippen LogP contribution in [0.1, 0.15) is 66.2 Å². The molecular weight excluding hydrogens is 224 g/mol. The van der Waals surface area contributed by atoms with Gasteiger partial charge in [0.25, 0.3) is 0 Å². The molecule has 1 N–H and O–H groups in total. The van der Waals surface area contributed by atoms with E-state index in [9.17, 15) is 4.79 Å². The lowest BCUT2D eigenvalue weighted by Gasteiger charge is -2.25. The van der Waals surface area contributed by atoms with Crippen LogP contribution in [-0.4, -0.2) is 29.6 Å². The molecule has 1 rings (SSSR count). The highest BCUT2D eigenvalue weighted by atomic mass is 16.2. The molecule has 0 aromatic rings. The molecule has 18 heavy (non-hydrogen) atoms. The molecule has 1 aliphatic heterocycles. The third-order valence-electron chi connectivity index (χ3n) is 3.64.